The zero-order chi connectivity index (χ0) is 14.5. The summed E-state index contributed by atoms with van der Waals surface area (Å²) >= 11 is 0. The van der Waals surface area contributed by atoms with Crippen LogP contribution >= 0.6 is 0 Å². The van der Waals surface area contributed by atoms with E-state index in [4.69, 9.17) is 0 Å². The van der Waals surface area contributed by atoms with Crippen molar-refractivity contribution in [2.75, 3.05) is 12.8 Å². The van der Waals surface area contributed by atoms with Crippen LogP contribution in [0.3, 0.4) is 0 Å². The largest absolute Gasteiger partial charge is 0.316 e. The topological polar surface area (TPSA) is 46.2 Å². The lowest BCUT2D eigenvalue weighted by Gasteiger charge is -2.37. The third-order valence-electron chi connectivity index (χ3n) is 4.64. The van der Waals surface area contributed by atoms with Gasteiger partial charge in [0.05, 0.1) is 11.0 Å². The van der Waals surface area contributed by atoms with Crippen LogP contribution in [0, 0.1) is 11.8 Å². The molecule has 3 atom stereocenters. The average Bonchev–Trinajstić information content (AvgIpc) is 2.38. The predicted octanol–water partition coefficient (Wildman–Crippen LogP) is 3.00. The Balaban J connectivity index is 2.73. The highest BCUT2D eigenvalue weighted by Crippen LogP contribution is 2.34. The number of nitrogens with one attached hydrogen (secondary N) is 1. The fourth-order valence-corrected chi connectivity index (χ4v) is 5.42. The van der Waals surface area contributed by atoms with E-state index in [0.717, 1.165) is 38.5 Å². The van der Waals surface area contributed by atoms with Crippen LogP contribution in [0.2, 0.25) is 0 Å². The SMILES string of the molecule is CCCCCS(=O)(=O)C1CC(C(C)C)CCC1NC. The minimum atomic E-state index is -2.95. The fraction of sp³-hybridized carbons (Fsp3) is 1.00. The van der Waals surface area contributed by atoms with Crippen molar-refractivity contribution in [3.63, 3.8) is 0 Å². The van der Waals surface area contributed by atoms with Gasteiger partial charge in [-0.05, 0) is 44.6 Å². The summed E-state index contributed by atoms with van der Waals surface area (Å²) in [5.41, 5.74) is 0. The van der Waals surface area contributed by atoms with E-state index >= 15 is 0 Å². The van der Waals surface area contributed by atoms with Crippen molar-refractivity contribution >= 4 is 9.84 Å². The molecule has 0 heterocycles. The quantitative estimate of drug-likeness (QED) is 0.733. The maximum Gasteiger partial charge on any atom is 0.154 e. The molecule has 1 aliphatic carbocycles. The molecule has 19 heavy (non-hydrogen) atoms. The first-order chi connectivity index (χ1) is 8.92. The lowest BCUT2D eigenvalue weighted by Crippen LogP contribution is -2.48. The smallest absolute Gasteiger partial charge is 0.154 e. The van der Waals surface area contributed by atoms with Gasteiger partial charge in [-0.1, -0.05) is 33.6 Å². The van der Waals surface area contributed by atoms with Gasteiger partial charge in [-0.25, -0.2) is 8.42 Å². The minimum Gasteiger partial charge on any atom is -0.316 e. The molecule has 114 valence electrons. The summed E-state index contributed by atoms with van der Waals surface area (Å²) in [6, 6.07) is 0.154. The molecular weight excluding hydrogens is 258 g/mol. The van der Waals surface area contributed by atoms with Crippen molar-refractivity contribution in [1.29, 1.82) is 0 Å². The van der Waals surface area contributed by atoms with Crippen LogP contribution in [0.15, 0.2) is 0 Å². The van der Waals surface area contributed by atoms with Crippen molar-refractivity contribution in [1.82, 2.24) is 5.32 Å². The van der Waals surface area contributed by atoms with Crippen molar-refractivity contribution in [2.45, 2.75) is 70.6 Å². The van der Waals surface area contributed by atoms with Gasteiger partial charge in [0.1, 0.15) is 0 Å². The van der Waals surface area contributed by atoms with E-state index in [1.807, 2.05) is 7.05 Å². The molecule has 1 saturated carbocycles. The summed E-state index contributed by atoms with van der Waals surface area (Å²) in [5, 5.41) is 3.06. The molecule has 0 saturated heterocycles. The standard InChI is InChI=1S/C15H31NO2S/c1-5-6-7-10-19(17,18)15-11-13(12(2)3)8-9-14(15)16-4/h12-16H,5-11H2,1-4H3. The van der Waals surface area contributed by atoms with Crippen molar-refractivity contribution in [3.05, 3.63) is 0 Å². The van der Waals surface area contributed by atoms with Crippen molar-refractivity contribution < 1.29 is 8.42 Å². The first kappa shape index (κ1) is 17.0. The summed E-state index contributed by atoms with van der Waals surface area (Å²) in [6.45, 7) is 6.54. The normalized spacial score (nSPS) is 28.8. The summed E-state index contributed by atoms with van der Waals surface area (Å²) in [7, 11) is -1.05. The second-order valence-corrected chi connectivity index (χ2v) is 8.66. The number of rotatable bonds is 7. The third kappa shape index (κ3) is 4.75. The summed E-state index contributed by atoms with van der Waals surface area (Å²) in [5.74, 6) is 1.52. The molecule has 0 spiro atoms. The molecule has 4 heteroatoms. The zero-order valence-electron chi connectivity index (χ0n) is 13.0. The Kier molecular flexibility index (Phi) is 6.81. The van der Waals surface area contributed by atoms with Gasteiger partial charge in [0.2, 0.25) is 0 Å². The molecule has 3 nitrogen and oxygen atoms in total. The van der Waals surface area contributed by atoms with Crippen LogP contribution in [0.1, 0.15) is 59.3 Å². The molecule has 0 aromatic carbocycles. The summed E-state index contributed by atoms with van der Waals surface area (Å²) < 4.78 is 25.1. The lowest BCUT2D eigenvalue weighted by molar-refractivity contribution is 0.246. The monoisotopic (exact) mass is 289 g/mol. The van der Waals surface area contributed by atoms with Gasteiger partial charge in [0.15, 0.2) is 9.84 Å². The summed E-state index contributed by atoms with van der Waals surface area (Å²) in [6.07, 6.45) is 5.91. The van der Waals surface area contributed by atoms with E-state index in [2.05, 4.69) is 26.1 Å². The van der Waals surface area contributed by atoms with E-state index in [1.54, 1.807) is 0 Å². The Morgan fingerprint density at radius 3 is 2.42 bits per heavy atom. The molecule has 0 aromatic heterocycles. The van der Waals surface area contributed by atoms with E-state index in [9.17, 15) is 8.42 Å². The molecule has 0 aliphatic heterocycles. The second kappa shape index (κ2) is 7.63. The molecule has 3 unspecified atom stereocenters. The van der Waals surface area contributed by atoms with Crippen molar-refractivity contribution in [3.8, 4) is 0 Å². The molecule has 1 fully saturated rings. The van der Waals surface area contributed by atoms with Gasteiger partial charge in [0.25, 0.3) is 0 Å². The molecule has 0 aromatic rings. The average molecular weight is 289 g/mol. The highest BCUT2D eigenvalue weighted by Gasteiger charge is 2.38. The maximum atomic E-state index is 12.6. The highest BCUT2D eigenvalue weighted by molar-refractivity contribution is 7.92. The maximum absolute atomic E-state index is 12.6. The molecule has 0 radical (unpaired) electrons. The van der Waals surface area contributed by atoms with E-state index in [-0.39, 0.29) is 11.3 Å². The predicted molar refractivity (Wildman–Crippen MR) is 82.1 cm³/mol. The summed E-state index contributed by atoms with van der Waals surface area (Å²) in [4.78, 5) is 0. The van der Waals surface area contributed by atoms with Gasteiger partial charge >= 0.3 is 0 Å². The highest BCUT2D eigenvalue weighted by atomic mass is 32.2. The Labute approximate surface area is 119 Å². The molecule has 0 amide bonds. The zero-order valence-corrected chi connectivity index (χ0v) is 13.8. The Bertz CT molecular complexity index is 351. The molecule has 1 N–H and O–H groups in total. The van der Waals surface area contributed by atoms with Crippen molar-refractivity contribution in [2.24, 2.45) is 11.8 Å². The van der Waals surface area contributed by atoms with Gasteiger partial charge in [0, 0.05) is 6.04 Å². The first-order valence-corrected chi connectivity index (χ1v) is 9.52. The second-order valence-electron chi connectivity index (χ2n) is 6.32. The molecular formula is C15H31NO2S. The minimum absolute atomic E-state index is 0.154. The van der Waals surface area contributed by atoms with E-state index < -0.39 is 9.84 Å². The third-order valence-corrected chi connectivity index (χ3v) is 6.94. The van der Waals surface area contributed by atoms with Gasteiger partial charge in [-0.2, -0.15) is 0 Å². The molecule has 1 rings (SSSR count). The van der Waals surface area contributed by atoms with Crippen LogP contribution < -0.4 is 5.32 Å². The van der Waals surface area contributed by atoms with Crippen LogP contribution in [0.25, 0.3) is 0 Å². The number of sulfone groups is 1. The first-order valence-electron chi connectivity index (χ1n) is 7.81. The van der Waals surface area contributed by atoms with Gasteiger partial charge in [-0.15, -0.1) is 0 Å². The number of unbranched alkanes of at least 4 members (excludes halogenated alkanes) is 2. The van der Waals surface area contributed by atoms with Crippen LogP contribution in [-0.4, -0.2) is 32.5 Å². The molecule has 1 aliphatic rings. The Morgan fingerprint density at radius 1 is 1.21 bits per heavy atom. The van der Waals surface area contributed by atoms with Gasteiger partial charge in [-0.3, -0.25) is 0 Å². The Morgan fingerprint density at radius 2 is 1.89 bits per heavy atom. The number of hydrogen-bond acceptors (Lipinski definition) is 3. The Hall–Kier alpha value is -0.0900. The van der Waals surface area contributed by atoms with Crippen LogP contribution in [0.5, 0.6) is 0 Å². The van der Waals surface area contributed by atoms with Crippen LogP contribution in [-0.2, 0) is 9.84 Å². The number of hydrogen-bond donors (Lipinski definition) is 1. The molecule has 0 bridgehead atoms. The van der Waals surface area contributed by atoms with Gasteiger partial charge < -0.3 is 5.32 Å². The lowest BCUT2D eigenvalue weighted by atomic mass is 9.79. The van der Waals surface area contributed by atoms with Crippen LogP contribution in [0.4, 0.5) is 0 Å². The fourth-order valence-electron chi connectivity index (χ4n) is 3.20. The van der Waals surface area contributed by atoms with E-state index in [1.165, 1.54) is 0 Å². The van der Waals surface area contributed by atoms with E-state index in [0.29, 0.717) is 17.6 Å².